The molecule has 156 valence electrons. The van der Waals surface area contributed by atoms with Crippen LogP contribution in [0.5, 0.6) is 5.88 Å². The van der Waals surface area contributed by atoms with Crippen LogP contribution in [0.4, 0.5) is 5.69 Å². The van der Waals surface area contributed by atoms with Gasteiger partial charge in [-0.25, -0.2) is 9.97 Å². The van der Waals surface area contributed by atoms with Crippen molar-refractivity contribution >= 4 is 23.2 Å². The molecule has 2 aromatic heterocycles. The third-order valence-electron chi connectivity index (χ3n) is 5.32. The molecule has 1 saturated heterocycles. The zero-order valence-corrected chi connectivity index (χ0v) is 17.7. The quantitative estimate of drug-likeness (QED) is 0.619. The molecule has 1 fully saturated rings. The fourth-order valence-electron chi connectivity index (χ4n) is 3.57. The lowest BCUT2D eigenvalue weighted by atomic mass is 10.1. The van der Waals surface area contributed by atoms with Gasteiger partial charge in [0.15, 0.2) is 0 Å². The number of likely N-dealkylation sites (tertiary alicyclic amines) is 1. The Kier molecular flexibility index (Phi) is 6.01. The number of anilines is 1. The van der Waals surface area contributed by atoms with Crippen molar-refractivity contribution in [1.29, 1.82) is 0 Å². The van der Waals surface area contributed by atoms with E-state index in [0.29, 0.717) is 34.8 Å². The molecule has 1 amide bonds. The molecule has 0 unspecified atom stereocenters. The molecule has 30 heavy (non-hydrogen) atoms. The first kappa shape index (κ1) is 20.4. The minimum Gasteiger partial charge on any atom is -0.476 e. The van der Waals surface area contributed by atoms with Gasteiger partial charge in [-0.2, -0.15) is 0 Å². The van der Waals surface area contributed by atoms with Crippen LogP contribution in [0.1, 0.15) is 29.0 Å². The summed E-state index contributed by atoms with van der Waals surface area (Å²) in [6.45, 7) is 3.57. The number of rotatable bonds is 6. The number of ether oxygens (including phenoxy) is 1. The molecule has 2 N–H and O–H groups in total. The van der Waals surface area contributed by atoms with Crippen LogP contribution >= 0.6 is 11.6 Å². The molecule has 8 heteroatoms. The molecule has 1 aromatic carbocycles. The van der Waals surface area contributed by atoms with E-state index in [1.807, 2.05) is 6.92 Å². The SMILES string of the molecule is Cc1ncc(-c2cc(Cl)ccc2NC(=O)c2ccc(OC[C@@H]3CCCN3C)nc2)[nH]1. The standard InChI is InChI=1S/C22H24ClN5O2/c1-14-24-12-20(26-14)18-10-16(23)6-7-19(18)27-22(29)15-5-8-21(25-11-15)30-13-17-4-3-9-28(17)2/h5-8,10-12,17H,3-4,9,13H2,1-2H3,(H,24,26)(H,27,29)/t17-/m0/s1. The highest BCUT2D eigenvalue weighted by molar-refractivity contribution is 6.31. The van der Waals surface area contributed by atoms with Gasteiger partial charge in [0.1, 0.15) is 12.4 Å². The number of imidazole rings is 1. The van der Waals surface area contributed by atoms with Gasteiger partial charge < -0.3 is 19.9 Å². The van der Waals surface area contributed by atoms with Gasteiger partial charge in [-0.3, -0.25) is 4.79 Å². The number of hydrogen-bond acceptors (Lipinski definition) is 5. The minimum atomic E-state index is -0.260. The molecule has 1 aliphatic rings. The third kappa shape index (κ3) is 4.63. The van der Waals surface area contributed by atoms with Crippen LogP contribution in [-0.2, 0) is 0 Å². The molecule has 0 radical (unpaired) electrons. The van der Waals surface area contributed by atoms with Crippen LogP contribution in [0, 0.1) is 6.92 Å². The average molecular weight is 426 g/mol. The first-order valence-electron chi connectivity index (χ1n) is 9.91. The number of benzene rings is 1. The van der Waals surface area contributed by atoms with Crippen molar-refractivity contribution < 1.29 is 9.53 Å². The number of carbonyl (C=O) groups is 1. The van der Waals surface area contributed by atoms with Crippen molar-refractivity contribution in [1.82, 2.24) is 19.9 Å². The summed E-state index contributed by atoms with van der Waals surface area (Å²) in [7, 11) is 2.11. The van der Waals surface area contributed by atoms with E-state index in [9.17, 15) is 4.79 Å². The topological polar surface area (TPSA) is 83.1 Å². The van der Waals surface area contributed by atoms with Crippen molar-refractivity contribution in [2.45, 2.75) is 25.8 Å². The highest BCUT2D eigenvalue weighted by Crippen LogP contribution is 2.30. The molecule has 3 heterocycles. The second-order valence-corrected chi connectivity index (χ2v) is 7.94. The molecule has 0 aliphatic carbocycles. The number of aromatic amines is 1. The molecule has 0 spiro atoms. The molecule has 7 nitrogen and oxygen atoms in total. The molecule has 1 atom stereocenters. The van der Waals surface area contributed by atoms with Crippen molar-refractivity contribution in [3.63, 3.8) is 0 Å². The lowest BCUT2D eigenvalue weighted by molar-refractivity contribution is 0.102. The van der Waals surface area contributed by atoms with E-state index >= 15 is 0 Å². The number of H-pyrrole nitrogens is 1. The largest absolute Gasteiger partial charge is 0.476 e. The predicted molar refractivity (Wildman–Crippen MR) is 117 cm³/mol. The van der Waals surface area contributed by atoms with Gasteiger partial charge in [0, 0.05) is 28.9 Å². The fourth-order valence-corrected chi connectivity index (χ4v) is 3.74. The Balaban J connectivity index is 1.44. The number of pyridine rings is 1. The first-order chi connectivity index (χ1) is 14.5. The summed E-state index contributed by atoms with van der Waals surface area (Å²) in [5.74, 6) is 1.04. The van der Waals surface area contributed by atoms with Gasteiger partial charge >= 0.3 is 0 Å². The van der Waals surface area contributed by atoms with E-state index < -0.39 is 0 Å². The summed E-state index contributed by atoms with van der Waals surface area (Å²) in [5, 5.41) is 3.51. The Bertz CT molecular complexity index is 1030. The number of aryl methyl sites for hydroxylation is 1. The molecule has 3 aromatic rings. The number of aromatic nitrogens is 3. The predicted octanol–water partition coefficient (Wildman–Crippen LogP) is 4.16. The second kappa shape index (κ2) is 8.85. The van der Waals surface area contributed by atoms with Gasteiger partial charge in [-0.1, -0.05) is 11.6 Å². The van der Waals surface area contributed by atoms with Crippen molar-refractivity contribution in [2.24, 2.45) is 0 Å². The van der Waals surface area contributed by atoms with Crippen LogP contribution in [0.25, 0.3) is 11.3 Å². The van der Waals surface area contributed by atoms with E-state index in [1.54, 1.807) is 36.5 Å². The molecule has 4 rings (SSSR count). The Morgan fingerprint density at radius 3 is 2.83 bits per heavy atom. The van der Waals surface area contributed by atoms with Crippen molar-refractivity contribution in [2.75, 3.05) is 25.5 Å². The first-order valence-corrected chi connectivity index (χ1v) is 10.3. The van der Waals surface area contributed by atoms with E-state index in [0.717, 1.165) is 30.0 Å². The van der Waals surface area contributed by atoms with E-state index in [4.69, 9.17) is 16.3 Å². The van der Waals surface area contributed by atoms with E-state index in [1.165, 1.54) is 12.6 Å². The zero-order chi connectivity index (χ0) is 21.1. The zero-order valence-electron chi connectivity index (χ0n) is 17.0. The van der Waals surface area contributed by atoms with Gasteiger partial charge in [-0.15, -0.1) is 0 Å². The van der Waals surface area contributed by atoms with Crippen molar-refractivity contribution in [3.8, 4) is 17.1 Å². The Labute approximate surface area is 180 Å². The monoisotopic (exact) mass is 425 g/mol. The maximum absolute atomic E-state index is 12.8. The van der Waals surface area contributed by atoms with Gasteiger partial charge in [0.2, 0.25) is 5.88 Å². The number of nitrogens with zero attached hydrogens (tertiary/aromatic N) is 3. The van der Waals surface area contributed by atoms with Gasteiger partial charge in [0.05, 0.1) is 23.1 Å². The van der Waals surface area contributed by atoms with E-state index in [2.05, 4.69) is 32.2 Å². The molecular weight excluding hydrogens is 402 g/mol. The van der Waals surface area contributed by atoms with Crippen LogP contribution in [-0.4, -0.2) is 52.0 Å². The van der Waals surface area contributed by atoms with Gasteiger partial charge in [0.25, 0.3) is 5.91 Å². The van der Waals surface area contributed by atoms with Crippen LogP contribution < -0.4 is 10.1 Å². The minimum absolute atomic E-state index is 0.260. The number of amides is 1. The summed E-state index contributed by atoms with van der Waals surface area (Å²) in [6, 6.07) is 9.16. The Hall–Kier alpha value is -2.90. The number of nitrogens with one attached hydrogen (secondary N) is 2. The summed E-state index contributed by atoms with van der Waals surface area (Å²) in [4.78, 5) is 26.7. The lowest BCUT2D eigenvalue weighted by Gasteiger charge is -2.19. The highest BCUT2D eigenvalue weighted by atomic mass is 35.5. The Morgan fingerprint density at radius 1 is 1.30 bits per heavy atom. The number of hydrogen-bond donors (Lipinski definition) is 2. The number of halogens is 1. The number of likely N-dealkylation sites (N-methyl/N-ethyl adjacent to an activating group) is 1. The maximum atomic E-state index is 12.8. The van der Waals surface area contributed by atoms with Gasteiger partial charge in [-0.05, 0) is 57.6 Å². The van der Waals surface area contributed by atoms with Crippen LogP contribution in [0.15, 0.2) is 42.7 Å². The Morgan fingerprint density at radius 2 is 2.17 bits per heavy atom. The molecule has 0 bridgehead atoms. The number of carbonyl (C=O) groups excluding carboxylic acids is 1. The third-order valence-corrected chi connectivity index (χ3v) is 5.55. The van der Waals surface area contributed by atoms with Crippen LogP contribution in [0.3, 0.4) is 0 Å². The van der Waals surface area contributed by atoms with E-state index in [-0.39, 0.29) is 5.91 Å². The summed E-state index contributed by atoms with van der Waals surface area (Å²) in [6.07, 6.45) is 5.57. The second-order valence-electron chi connectivity index (χ2n) is 7.50. The highest BCUT2D eigenvalue weighted by Gasteiger charge is 2.21. The molecule has 0 saturated carbocycles. The fraction of sp³-hybridized carbons (Fsp3) is 0.318. The summed E-state index contributed by atoms with van der Waals surface area (Å²) >= 11 is 6.16. The normalized spacial score (nSPS) is 16.6. The average Bonchev–Trinajstić information content (AvgIpc) is 3.36. The smallest absolute Gasteiger partial charge is 0.257 e. The lowest BCUT2D eigenvalue weighted by Crippen LogP contribution is -2.30. The van der Waals surface area contributed by atoms with Crippen LogP contribution in [0.2, 0.25) is 5.02 Å². The van der Waals surface area contributed by atoms with Crippen molar-refractivity contribution in [3.05, 3.63) is 59.1 Å². The maximum Gasteiger partial charge on any atom is 0.257 e. The summed E-state index contributed by atoms with van der Waals surface area (Å²) < 4.78 is 5.80. The summed E-state index contributed by atoms with van der Waals surface area (Å²) in [5.41, 5.74) is 2.63. The molecular formula is C22H24ClN5O2. The molecule has 1 aliphatic heterocycles.